The van der Waals surface area contributed by atoms with Gasteiger partial charge in [-0.3, -0.25) is 9.69 Å². The third-order valence-electron chi connectivity index (χ3n) is 4.05. The largest absolute Gasteiger partial charge is 0.352 e. The minimum atomic E-state index is -0.431. The molecular weight excluding hydrogens is 250 g/mol. The molecule has 1 heterocycles. The van der Waals surface area contributed by atoms with Gasteiger partial charge in [-0.1, -0.05) is 30.3 Å². The Morgan fingerprint density at radius 3 is 2.75 bits per heavy atom. The lowest BCUT2D eigenvalue weighted by Gasteiger charge is -2.22. The highest BCUT2D eigenvalue weighted by Crippen LogP contribution is 2.21. The summed E-state index contributed by atoms with van der Waals surface area (Å²) >= 11 is 0. The first-order chi connectivity index (χ1) is 9.56. The molecule has 3 unspecified atom stereocenters. The van der Waals surface area contributed by atoms with Gasteiger partial charge in [-0.25, -0.2) is 0 Å². The maximum absolute atomic E-state index is 11.6. The van der Waals surface area contributed by atoms with Gasteiger partial charge in [-0.2, -0.15) is 0 Å². The average Bonchev–Trinajstić information content (AvgIpc) is 2.88. The lowest BCUT2D eigenvalue weighted by Crippen LogP contribution is -2.46. The standard InChI is InChI=1S/C16H25N3O/c1-12(17)16(20)18-13(2)15-8-9-19(11-15)10-14-6-4-3-5-7-14/h3-7,12-13,15H,8-11,17H2,1-2H3,(H,18,20). The van der Waals surface area contributed by atoms with E-state index in [9.17, 15) is 4.79 Å². The van der Waals surface area contributed by atoms with Crippen LogP contribution in [0.5, 0.6) is 0 Å². The predicted molar refractivity (Wildman–Crippen MR) is 81.1 cm³/mol. The molecule has 1 aliphatic heterocycles. The number of hydrogen-bond acceptors (Lipinski definition) is 3. The molecule has 0 spiro atoms. The second-order valence-corrected chi connectivity index (χ2v) is 5.86. The average molecular weight is 275 g/mol. The topological polar surface area (TPSA) is 58.4 Å². The molecule has 0 aromatic heterocycles. The Labute approximate surface area is 121 Å². The molecule has 3 N–H and O–H groups in total. The van der Waals surface area contributed by atoms with E-state index in [-0.39, 0.29) is 11.9 Å². The van der Waals surface area contributed by atoms with E-state index in [0.29, 0.717) is 5.92 Å². The van der Waals surface area contributed by atoms with Crippen molar-refractivity contribution in [2.24, 2.45) is 11.7 Å². The molecular formula is C16H25N3O. The fraction of sp³-hybridized carbons (Fsp3) is 0.562. The molecule has 3 atom stereocenters. The maximum atomic E-state index is 11.6. The van der Waals surface area contributed by atoms with Crippen molar-refractivity contribution in [2.45, 2.75) is 38.9 Å². The van der Waals surface area contributed by atoms with Crippen LogP contribution in [0, 0.1) is 5.92 Å². The summed E-state index contributed by atoms with van der Waals surface area (Å²) < 4.78 is 0. The molecule has 1 fully saturated rings. The van der Waals surface area contributed by atoms with Crippen molar-refractivity contribution in [3.8, 4) is 0 Å². The van der Waals surface area contributed by atoms with Crippen LogP contribution in [0.1, 0.15) is 25.8 Å². The van der Waals surface area contributed by atoms with Crippen molar-refractivity contribution in [1.29, 1.82) is 0 Å². The van der Waals surface area contributed by atoms with Crippen molar-refractivity contribution in [1.82, 2.24) is 10.2 Å². The SMILES string of the molecule is CC(N)C(=O)NC(C)C1CCN(Cc2ccccc2)C1. The van der Waals surface area contributed by atoms with Crippen molar-refractivity contribution in [3.63, 3.8) is 0 Å². The van der Waals surface area contributed by atoms with E-state index in [4.69, 9.17) is 5.73 Å². The van der Waals surface area contributed by atoms with E-state index in [1.165, 1.54) is 5.56 Å². The highest BCUT2D eigenvalue weighted by atomic mass is 16.2. The van der Waals surface area contributed by atoms with Crippen molar-refractivity contribution < 1.29 is 4.79 Å². The van der Waals surface area contributed by atoms with Crippen LogP contribution in [0.25, 0.3) is 0 Å². The van der Waals surface area contributed by atoms with Gasteiger partial charge in [0.1, 0.15) is 0 Å². The zero-order valence-electron chi connectivity index (χ0n) is 12.4. The van der Waals surface area contributed by atoms with Crippen LogP contribution >= 0.6 is 0 Å². The Balaban J connectivity index is 1.81. The minimum absolute atomic E-state index is 0.0565. The molecule has 20 heavy (non-hydrogen) atoms. The number of amides is 1. The summed E-state index contributed by atoms with van der Waals surface area (Å²) in [6.07, 6.45) is 1.13. The van der Waals surface area contributed by atoms with Gasteiger partial charge in [-0.15, -0.1) is 0 Å². The summed E-state index contributed by atoms with van der Waals surface area (Å²) in [4.78, 5) is 14.1. The minimum Gasteiger partial charge on any atom is -0.352 e. The second kappa shape index (κ2) is 6.86. The van der Waals surface area contributed by atoms with Crippen molar-refractivity contribution in [2.75, 3.05) is 13.1 Å². The first-order valence-electron chi connectivity index (χ1n) is 7.38. The maximum Gasteiger partial charge on any atom is 0.236 e. The molecule has 0 bridgehead atoms. The van der Waals surface area contributed by atoms with E-state index in [1.54, 1.807) is 6.92 Å². The third kappa shape index (κ3) is 4.05. The van der Waals surface area contributed by atoms with Gasteiger partial charge in [0.25, 0.3) is 0 Å². The summed E-state index contributed by atoms with van der Waals surface area (Å²) in [6, 6.07) is 10.3. The molecule has 4 nitrogen and oxygen atoms in total. The molecule has 1 aliphatic rings. The molecule has 1 amide bonds. The third-order valence-corrected chi connectivity index (χ3v) is 4.05. The predicted octanol–water partition coefficient (Wildman–Crippen LogP) is 1.36. The number of carbonyl (C=O) groups is 1. The first kappa shape index (κ1) is 15.0. The van der Waals surface area contributed by atoms with Crippen LogP contribution < -0.4 is 11.1 Å². The van der Waals surface area contributed by atoms with Crippen LogP contribution in [-0.4, -0.2) is 36.0 Å². The molecule has 1 aromatic rings. The van der Waals surface area contributed by atoms with Gasteiger partial charge in [-0.05, 0) is 38.3 Å². The number of nitrogens with zero attached hydrogens (tertiary/aromatic N) is 1. The number of nitrogens with one attached hydrogen (secondary N) is 1. The zero-order chi connectivity index (χ0) is 14.5. The number of nitrogens with two attached hydrogens (primary N) is 1. The van der Waals surface area contributed by atoms with Crippen LogP contribution in [0.3, 0.4) is 0 Å². The molecule has 0 aliphatic carbocycles. The lowest BCUT2D eigenvalue weighted by atomic mass is 10.0. The highest BCUT2D eigenvalue weighted by Gasteiger charge is 2.28. The Bertz CT molecular complexity index is 433. The summed E-state index contributed by atoms with van der Waals surface area (Å²) in [5, 5.41) is 3.02. The van der Waals surface area contributed by atoms with Gasteiger partial charge in [0.2, 0.25) is 5.91 Å². The van der Waals surface area contributed by atoms with E-state index in [2.05, 4.69) is 41.4 Å². The normalized spacial score (nSPS) is 22.4. The van der Waals surface area contributed by atoms with E-state index < -0.39 is 6.04 Å². The van der Waals surface area contributed by atoms with Crippen molar-refractivity contribution in [3.05, 3.63) is 35.9 Å². The van der Waals surface area contributed by atoms with Crippen molar-refractivity contribution >= 4 is 5.91 Å². The van der Waals surface area contributed by atoms with Gasteiger partial charge in [0, 0.05) is 19.1 Å². The molecule has 2 rings (SSSR count). The highest BCUT2D eigenvalue weighted by molar-refractivity contribution is 5.81. The van der Waals surface area contributed by atoms with Crippen LogP contribution in [0.15, 0.2) is 30.3 Å². The van der Waals surface area contributed by atoms with Crippen LogP contribution in [0.4, 0.5) is 0 Å². The summed E-state index contributed by atoms with van der Waals surface area (Å²) in [7, 11) is 0. The van der Waals surface area contributed by atoms with Crippen LogP contribution in [0.2, 0.25) is 0 Å². The number of carbonyl (C=O) groups excluding carboxylic acids is 1. The van der Waals surface area contributed by atoms with Gasteiger partial charge in [0.05, 0.1) is 6.04 Å². The molecule has 1 aromatic carbocycles. The second-order valence-electron chi connectivity index (χ2n) is 5.86. The first-order valence-corrected chi connectivity index (χ1v) is 7.38. The number of benzene rings is 1. The molecule has 1 saturated heterocycles. The van der Waals surface area contributed by atoms with Crippen LogP contribution in [-0.2, 0) is 11.3 Å². The summed E-state index contributed by atoms with van der Waals surface area (Å²) in [5.41, 5.74) is 6.94. The number of rotatable bonds is 5. The van der Waals surface area contributed by atoms with E-state index in [0.717, 1.165) is 26.1 Å². The van der Waals surface area contributed by atoms with E-state index in [1.807, 2.05) is 6.07 Å². The summed E-state index contributed by atoms with van der Waals surface area (Å²) in [5.74, 6) is 0.459. The molecule has 0 radical (unpaired) electrons. The fourth-order valence-electron chi connectivity index (χ4n) is 2.73. The van der Waals surface area contributed by atoms with E-state index >= 15 is 0 Å². The monoisotopic (exact) mass is 275 g/mol. The lowest BCUT2D eigenvalue weighted by molar-refractivity contribution is -0.122. The Hall–Kier alpha value is -1.39. The molecule has 0 saturated carbocycles. The number of hydrogen-bond donors (Lipinski definition) is 2. The van der Waals surface area contributed by atoms with Gasteiger partial charge in [0.15, 0.2) is 0 Å². The Morgan fingerprint density at radius 2 is 2.10 bits per heavy atom. The fourth-order valence-corrected chi connectivity index (χ4v) is 2.73. The molecule has 4 heteroatoms. The quantitative estimate of drug-likeness (QED) is 0.853. The summed E-state index contributed by atoms with van der Waals surface area (Å²) in [6.45, 7) is 6.92. The van der Waals surface area contributed by atoms with Gasteiger partial charge < -0.3 is 11.1 Å². The Morgan fingerprint density at radius 1 is 1.40 bits per heavy atom. The zero-order valence-corrected chi connectivity index (χ0v) is 12.4. The smallest absolute Gasteiger partial charge is 0.236 e. The van der Waals surface area contributed by atoms with Gasteiger partial charge >= 0.3 is 0 Å². The Kier molecular flexibility index (Phi) is 5.15. The molecule has 110 valence electrons. The number of likely N-dealkylation sites (tertiary alicyclic amines) is 1.